The quantitative estimate of drug-likeness (QED) is 0.720. The van der Waals surface area contributed by atoms with Gasteiger partial charge in [-0.2, -0.15) is 5.26 Å². The topological polar surface area (TPSA) is 58.2 Å². The Balaban J connectivity index is 2.91. The average Bonchev–Trinajstić information content (AvgIpc) is 2.29. The highest BCUT2D eigenvalue weighted by atomic mass is 16.1. The van der Waals surface area contributed by atoms with Gasteiger partial charge >= 0.3 is 0 Å². The molecule has 0 saturated carbocycles. The number of nitriles is 1. The summed E-state index contributed by atoms with van der Waals surface area (Å²) >= 11 is 0. The predicted octanol–water partition coefficient (Wildman–Crippen LogP) is 1.44. The molecule has 80 valence electrons. The van der Waals surface area contributed by atoms with Crippen LogP contribution >= 0.6 is 0 Å². The third kappa shape index (κ3) is 1.47. The second-order valence-electron chi connectivity index (χ2n) is 3.59. The highest BCUT2D eigenvalue weighted by molar-refractivity contribution is 5.44. The van der Waals surface area contributed by atoms with Gasteiger partial charge in [-0.25, -0.2) is 4.98 Å². The molecule has 0 aliphatic rings. The minimum atomic E-state index is -0.0814. The smallest absolute Gasteiger partial charge is 0.261 e. The number of nitrogens with zero attached hydrogens (tertiary/aromatic N) is 3. The maximum absolute atomic E-state index is 12.1. The average molecular weight is 213 g/mol. The van der Waals surface area contributed by atoms with Crippen molar-refractivity contribution in [1.82, 2.24) is 9.38 Å². The van der Waals surface area contributed by atoms with E-state index in [1.165, 1.54) is 10.6 Å². The van der Waals surface area contributed by atoms with Gasteiger partial charge in [-0.3, -0.25) is 9.20 Å². The standard InChI is InChI=1S/C12H11N3O/c1-3-10-8(2)14-11-5-4-9(6-13)7-15(11)12(10)16/h4-5,7H,3H2,1-2H3. The molecule has 0 aliphatic heterocycles. The molecule has 4 heteroatoms. The maximum Gasteiger partial charge on any atom is 0.261 e. The van der Waals surface area contributed by atoms with Crippen LogP contribution < -0.4 is 5.56 Å². The molecule has 0 fully saturated rings. The van der Waals surface area contributed by atoms with Crippen LogP contribution in [0.5, 0.6) is 0 Å². The number of fused-ring (bicyclic) bond motifs is 1. The van der Waals surface area contributed by atoms with Crippen molar-refractivity contribution in [2.45, 2.75) is 20.3 Å². The Labute approximate surface area is 92.8 Å². The highest BCUT2D eigenvalue weighted by Gasteiger charge is 2.07. The van der Waals surface area contributed by atoms with Crippen molar-refractivity contribution in [3.63, 3.8) is 0 Å². The lowest BCUT2D eigenvalue weighted by molar-refractivity contribution is 0.934. The summed E-state index contributed by atoms with van der Waals surface area (Å²) in [6.45, 7) is 3.75. The fourth-order valence-electron chi connectivity index (χ4n) is 1.76. The number of hydrogen-bond donors (Lipinski definition) is 0. The molecular weight excluding hydrogens is 202 g/mol. The van der Waals surface area contributed by atoms with Gasteiger partial charge in [0.1, 0.15) is 11.7 Å². The van der Waals surface area contributed by atoms with Gasteiger partial charge in [-0.05, 0) is 25.5 Å². The summed E-state index contributed by atoms with van der Waals surface area (Å²) < 4.78 is 1.43. The fourth-order valence-corrected chi connectivity index (χ4v) is 1.76. The van der Waals surface area contributed by atoms with E-state index < -0.39 is 0 Å². The minimum Gasteiger partial charge on any atom is -0.269 e. The Kier molecular flexibility index (Phi) is 2.45. The van der Waals surface area contributed by atoms with Crippen molar-refractivity contribution < 1.29 is 0 Å². The van der Waals surface area contributed by atoms with Crippen LogP contribution in [-0.2, 0) is 6.42 Å². The molecule has 4 nitrogen and oxygen atoms in total. The van der Waals surface area contributed by atoms with E-state index in [1.54, 1.807) is 12.1 Å². The van der Waals surface area contributed by atoms with E-state index >= 15 is 0 Å². The summed E-state index contributed by atoms with van der Waals surface area (Å²) in [7, 11) is 0. The first-order valence-corrected chi connectivity index (χ1v) is 5.09. The van der Waals surface area contributed by atoms with Crippen LogP contribution in [0.4, 0.5) is 0 Å². The van der Waals surface area contributed by atoms with E-state index in [0.29, 0.717) is 23.2 Å². The Morgan fingerprint density at radius 2 is 2.25 bits per heavy atom. The van der Waals surface area contributed by atoms with Gasteiger partial charge in [0, 0.05) is 17.5 Å². The normalized spacial score (nSPS) is 10.3. The molecule has 2 rings (SSSR count). The number of pyridine rings is 1. The summed E-state index contributed by atoms with van der Waals surface area (Å²) in [4.78, 5) is 16.4. The Bertz CT molecular complexity index is 650. The molecule has 2 heterocycles. The molecule has 0 N–H and O–H groups in total. The van der Waals surface area contributed by atoms with E-state index in [0.717, 1.165) is 5.69 Å². The molecular formula is C12H11N3O. The van der Waals surface area contributed by atoms with Crippen LogP contribution in [0.15, 0.2) is 23.1 Å². The number of aromatic nitrogens is 2. The molecule has 16 heavy (non-hydrogen) atoms. The van der Waals surface area contributed by atoms with Crippen LogP contribution in [0.1, 0.15) is 23.7 Å². The van der Waals surface area contributed by atoms with Crippen LogP contribution in [0.25, 0.3) is 5.65 Å². The molecule has 0 atom stereocenters. The van der Waals surface area contributed by atoms with Crippen molar-refractivity contribution in [2.75, 3.05) is 0 Å². The lowest BCUT2D eigenvalue weighted by Crippen LogP contribution is -2.21. The SMILES string of the molecule is CCc1c(C)nc2ccc(C#N)cn2c1=O. The third-order valence-electron chi connectivity index (χ3n) is 2.61. The lowest BCUT2D eigenvalue weighted by Gasteiger charge is -2.05. The van der Waals surface area contributed by atoms with E-state index in [2.05, 4.69) is 4.98 Å². The molecule has 0 radical (unpaired) electrons. The first-order chi connectivity index (χ1) is 7.67. The van der Waals surface area contributed by atoms with Crippen LogP contribution in [0.2, 0.25) is 0 Å². The predicted molar refractivity (Wildman–Crippen MR) is 60.3 cm³/mol. The zero-order chi connectivity index (χ0) is 11.7. The largest absolute Gasteiger partial charge is 0.269 e. The fraction of sp³-hybridized carbons (Fsp3) is 0.250. The number of rotatable bonds is 1. The van der Waals surface area contributed by atoms with Gasteiger partial charge in [0.15, 0.2) is 0 Å². The van der Waals surface area contributed by atoms with E-state index in [4.69, 9.17) is 5.26 Å². The van der Waals surface area contributed by atoms with Crippen LogP contribution in [0, 0.1) is 18.3 Å². The Hall–Kier alpha value is -2.15. The summed E-state index contributed by atoms with van der Waals surface area (Å²) in [5, 5.41) is 8.78. The zero-order valence-electron chi connectivity index (χ0n) is 9.19. The number of aryl methyl sites for hydroxylation is 1. The molecule has 0 aromatic carbocycles. The highest BCUT2D eigenvalue weighted by Crippen LogP contribution is 2.06. The van der Waals surface area contributed by atoms with Crippen LogP contribution in [-0.4, -0.2) is 9.38 Å². The molecule has 0 amide bonds. The molecule has 2 aromatic heterocycles. The molecule has 0 spiro atoms. The van der Waals surface area contributed by atoms with E-state index in [1.807, 2.05) is 19.9 Å². The van der Waals surface area contributed by atoms with Gasteiger partial charge in [0.25, 0.3) is 5.56 Å². The second kappa shape index (κ2) is 3.78. The molecule has 0 saturated heterocycles. The van der Waals surface area contributed by atoms with E-state index in [-0.39, 0.29) is 5.56 Å². The van der Waals surface area contributed by atoms with Crippen molar-refractivity contribution >= 4 is 5.65 Å². The van der Waals surface area contributed by atoms with Gasteiger partial charge in [-0.1, -0.05) is 6.92 Å². The van der Waals surface area contributed by atoms with Gasteiger partial charge in [-0.15, -0.1) is 0 Å². The van der Waals surface area contributed by atoms with Gasteiger partial charge in [0.2, 0.25) is 0 Å². The zero-order valence-corrected chi connectivity index (χ0v) is 9.19. The van der Waals surface area contributed by atoms with E-state index in [9.17, 15) is 4.79 Å². The lowest BCUT2D eigenvalue weighted by atomic mass is 10.2. The van der Waals surface area contributed by atoms with Crippen molar-refractivity contribution in [2.24, 2.45) is 0 Å². The maximum atomic E-state index is 12.1. The second-order valence-corrected chi connectivity index (χ2v) is 3.59. The summed E-state index contributed by atoms with van der Waals surface area (Å²) in [6, 6.07) is 5.36. The molecule has 0 aliphatic carbocycles. The van der Waals surface area contributed by atoms with Gasteiger partial charge < -0.3 is 0 Å². The summed E-state index contributed by atoms with van der Waals surface area (Å²) in [5.41, 5.74) is 2.42. The Morgan fingerprint density at radius 3 is 2.88 bits per heavy atom. The third-order valence-corrected chi connectivity index (χ3v) is 2.61. The molecule has 2 aromatic rings. The minimum absolute atomic E-state index is 0.0814. The van der Waals surface area contributed by atoms with Crippen molar-refractivity contribution in [1.29, 1.82) is 5.26 Å². The summed E-state index contributed by atoms with van der Waals surface area (Å²) in [6.07, 6.45) is 2.18. The first kappa shape index (κ1) is 10.4. The van der Waals surface area contributed by atoms with Crippen LogP contribution in [0.3, 0.4) is 0 Å². The summed E-state index contributed by atoms with van der Waals surface area (Å²) in [5.74, 6) is 0. The molecule has 0 bridgehead atoms. The first-order valence-electron chi connectivity index (χ1n) is 5.09. The molecule has 0 unspecified atom stereocenters. The van der Waals surface area contributed by atoms with Crippen molar-refractivity contribution in [3.8, 4) is 6.07 Å². The Morgan fingerprint density at radius 1 is 1.50 bits per heavy atom. The van der Waals surface area contributed by atoms with Gasteiger partial charge in [0.05, 0.1) is 5.56 Å². The monoisotopic (exact) mass is 213 g/mol. The number of hydrogen-bond acceptors (Lipinski definition) is 3. The van der Waals surface area contributed by atoms with Crippen molar-refractivity contribution in [3.05, 3.63) is 45.5 Å².